The van der Waals surface area contributed by atoms with E-state index in [9.17, 15) is 4.79 Å². The molecule has 0 radical (unpaired) electrons. The Labute approximate surface area is 195 Å². The van der Waals surface area contributed by atoms with Gasteiger partial charge in [-0.15, -0.1) is 24.0 Å². The SMILES string of the molecule is CCNC(=NCC(=O)Nc1cccnc1)N1CCC(COCc2ccccc2)C1.I. The van der Waals surface area contributed by atoms with Gasteiger partial charge in [-0.3, -0.25) is 9.78 Å². The second kappa shape index (κ2) is 13.2. The lowest BCUT2D eigenvalue weighted by molar-refractivity contribution is -0.114. The molecule has 8 heteroatoms. The molecule has 2 heterocycles. The second-order valence-corrected chi connectivity index (χ2v) is 7.06. The lowest BCUT2D eigenvalue weighted by Gasteiger charge is -2.21. The van der Waals surface area contributed by atoms with Crippen molar-refractivity contribution in [3.63, 3.8) is 0 Å². The third kappa shape index (κ3) is 7.91. The number of rotatable bonds is 8. The number of carbonyl (C=O) groups excluding carboxylic acids is 1. The minimum absolute atomic E-state index is 0. The summed E-state index contributed by atoms with van der Waals surface area (Å²) in [4.78, 5) is 22.9. The molecular formula is C22H30IN5O2. The van der Waals surface area contributed by atoms with E-state index in [1.807, 2.05) is 25.1 Å². The molecule has 0 spiro atoms. The molecule has 162 valence electrons. The van der Waals surface area contributed by atoms with E-state index in [-0.39, 0.29) is 36.4 Å². The fourth-order valence-electron chi connectivity index (χ4n) is 3.29. The number of likely N-dealkylation sites (tertiary alicyclic amines) is 1. The smallest absolute Gasteiger partial charge is 0.246 e. The minimum atomic E-state index is -0.157. The molecule has 30 heavy (non-hydrogen) atoms. The zero-order chi connectivity index (χ0) is 20.3. The van der Waals surface area contributed by atoms with Crippen LogP contribution in [0, 0.1) is 5.92 Å². The summed E-state index contributed by atoms with van der Waals surface area (Å²) >= 11 is 0. The van der Waals surface area contributed by atoms with Crippen LogP contribution in [-0.2, 0) is 16.1 Å². The summed E-state index contributed by atoms with van der Waals surface area (Å²) in [5.74, 6) is 1.08. The van der Waals surface area contributed by atoms with E-state index >= 15 is 0 Å². The number of nitrogens with zero attached hydrogens (tertiary/aromatic N) is 3. The Balaban J connectivity index is 0.00000320. The number of aromatic nitrogens is 1. The van der Waals surface area contributed by atoms with Crippen LogP contribution in [0.4, 0.5) is 5.69 Å². The summed E-state index contributed by atoms with van der Waals surface area (Å²) in [7, 11) is 0. The van der Waals surface area contributed by atoms with E-state index in [0.29, 0.717) is 18.2 Å². The Hall–Kier alpha value is -2.20. The number of aliphatic imine (C=N–C) groups is 1. The Morgan fingerprint density at radius 3 is 2.83 bits per heavy atom. The van der Waals surface area contributed by atoms with Gasteiger partial charge in [-0.05, 0) is 31.0 Å². The fraction of sp³-hybridized carbons (Fsp3) is 0.409. The highest BCUT2D eigenvalue weighted by atomic mass is 127. The molecule has 0 saturated carbocycles. The molecule has 1 aliphatic rings. The summed E-state index contributed by atoms with van der Waals surface area (Å²) < 4.78 is 5.90. The molecular weight excluding hydrogens is 493 g/mol. The maximum Gasteiger partial charge on any atom is 0.246 e. The van der Waals surface area contributed by atoms with E-state index in [4.69, 9.17) is 4.74 Å². The van der Waals surface area contributed by atoms with Gasteiger partial charge in [0, 0.05) is 31.7 Å². The number of nitrogens with one attached hydrogen (secondary N) is 2. The monoisotopic (exact) mass is 523 g/mol. The first-order valence-corrected chi connectivity index (χ1v) is 10.1. The lowest BCUT2D eigenvalue weighted by Crippen LogP contribution is -2.40. The predicted molar refractivity (Wildman–Crippen MR) is 130 cm³/mol. The van der Waals surface area contributed by atoms with Crippen molar-refractivity contribution in [2.24, 2.45) is 10.9 Å². The van der Waals surface area contributed by atoms with Gasteiger partial charge in [0.15, 0.2) is 5.96 Å². The molecule has 2 N–H and O–H groups in total. The topological polar surface area (TPSA) is 78.8 Å². The number of benzene rings is 1. The minimum Gasteiger partial charge on any atom is -0.376 e. The third-order valence-electron chi connectivity index (χ3n) is 4.70. The van der Waals surface area contributed by atoms with Crippen LogP contribution < -0.4 is 10.6 Å². The summed E-state index contributed by atoms with van der Waals surface area (Å²) in [6.07, 6.45) is 4.35. The van der Waals surface area contributed by atoms with Gasteiger partial charge in [0.25, 0.3) is 0 Å². The first-order chi connectivity index (χ1) is 14.2. The first kappa shape index (κ1) is 24.1. The van der Waals surface area contributed by atoms with Gasteiger partial charge in [-0.1, -0.05) is 30.3 Å². The van der Waals surface area contributed by atoms with E-state index < -0.39 is 0 Å². The van der Waals surface area contributed by atoms with Crippen molar-refractivity contribution in [2.45, 2.75) is 20.0 Å². The summed E-state index contributed by atoms with van der Waals surface area (Å²) in [6, 6.07) is 13.8. The number of guanidine groups is 1. The molecule has 7 nitrogen and oxygen atoms in total. The normalized spacial score (nSPS) is 16.1. The molecule has 1 unspecified atom stereocenters. The number of halogens is 1. The van der Waals surface area contributed by atoms with Crippen LogP contribution in [0.3, 0.4) is 0 Å². The Bertz CT molecular complexity index is 789. The van der Waals surface area contributed by atoms with Crippen LogP contribution in [-0.4, -0.2) is 54.5 Å². The van der Waals surface area contributed by atoms with Crippen molar-refractivity contribution in [2.75, 3.05) is 38.1 Å². The van der Waals surface area contributed by atoms with E-state index in [2.05, 4.69) is 37.6 Å². The molecule has 1 aromatic heterocycles. The highest BCUT2D eigenvalue weighted by molar-refractivity contribution is 14.0. The number of amides is 1. The van der Waals surface area contributed by atoms with Crippen molar-refractivity contribution in [1.29, 1.82) is 0 Å². The fourth-order valence-corrected chi connectivity index (χ4v) is 3.29. The van der Waals surface area contributed by atoms with Gasteiger partial charge in [-0.25, -0.2) is 4.99 Å². The standard InChI is InChI=1S/C22H29N5O2.HI/c1-2-24-22(25-14-21(28)26-20-9-6-11-23-13-20)27-12-10-19(15-27)17-29-16-18-7-4-3-5-8-18;/h3-9,11,13,19H,2,10,12,14-17H2,1H3,(H,24,25)(H,26,28);1H. The number of anilines is 1. The molecule has 1 saturated heterocycles. The zero-order valence-corrected chi connectivity index (χ0v) is 19.6. The van der Waals surface area contributed by atoms with Gasteiger partial charge in [0.05, 0.1) is 25.1 Å². The maximum absolute atomic E-state index is 12.2. The molecule has 1 fully saturated rings. The van der Waals surface area contributed by atoms with Crippen LogP contribution in [0.2, 0.25) is 0 Å². The Kier molecular flexibility index (Phi) is 10.6. The summed E-state index contributed by atoms with van der Waals surface area (Å²) in [5.41, 5.74) is 1.87. The number of pyridine rings is 1. The van der Waals surface area contributed by atoms with Crippen LogP contribution in [0.1, 0.15) is 18.9 Å². The number of carbonyl (C=O) groups is 1. The molecule has 0 aliphatic carbocycles. The van der Waals surface area contributed by atoms with Gasteiger partial charge >= 0.3 is 0 Å². The largest absolute Gasteiger partial charge is 0.376 e. The number of hydrogen-bond acceptors (Lipinski definition) is 4. The highest BCUT2D eigenvalue weighted by Crippen LogP contribution is 2.17. The average Bonchev–Trinajstić information content (AvgIpc) is 3.21. The average molecular weight is 523 g/mol. The summed E-state index contributed by atoms with van der Waals surface area (Å²) in [5, 5.41) is 6.10. The third-order valence-corrected chi connectivity index (χ3v) is 4.70. The van der Waals surface area contributed by atoms with Crippen LogP contribution in [0.15, 0.2) is 59.9 Å². The second-order valence-electron chi connectivity index (χ2n) is 7.06. The van der Waals surface area contributed by atoms with Gasteiger partial charge < -0.3 is 20.3 Å². The van der Waals surface area contributed by atoms with Crippen molar-refractivity contribution in [3.05, 3.63) is 60.4 Å². The van der Waals surface area contributed by atoms with Crippen molar-refractivity contribution in [3.8, 4) is 0 Å². The summed E-state index contributed by atoms with van der Waals surface area (Å²) in [6.45, 7) is 6.02. The van der Waals surface area contributed by atoms with Crippen molar-refractivity contribution < 1.29 is 9.53 Å². The van der Waals surface area contributed by atoms with Crippen LogP contribution in [0.5, 0.6) is 0 Å². The van der Waals surface area contributed by atoms with Gasteiger partial charge in [0.2, 0.25) is 5.91 Å². The van der Waals surface area contributed by atoms with Crippen LogP contribution >= 0.6 is 24.0 Å². The Morgan fingerprint density at radius 2 is 2.10 bits per heavy atom. The van der Waals surface area contributed by atoms with E-state index in [1.165, 1.54) is 5.56 Å². The van der Waals surface area contributed by atoms with Crippen molar-refractivity contribution >= 4 is 41.5 Å². The quantitative estimate of drug-likeness (QED) is 0.316. The highest BCUT2D eigenvalue weighted by Gasteiger charge is 2.25. The van der Waals surface area contributed by atoms with Crippen molar-refractivity contribution in [1.82, 2.24) is 15.2 Å². The van der Waals surface area contributed by atoms with E-state index in [0.717, 1.165) is 38.6 Å². The molecule has 1 aliphatic heterocycles. The molecule has 2 aromatic rings. The van der Waals surface area contributed by atoms with Gasteiger partial charge in [-0.2, -0.15) is 0 Å². The van der Waals surface area contributed by atoms with Gasteiger partial charge in [0.1, 0.15) is 6.54 Å². The molecule has 0 bridgehead atoms. The molecule has 1 atom stereocenters. The number of hydrogen-bond donors (Lipinski definition) is 2. The predicted octanol–water partition coefficient (Wildman–Crippen LogP) is 3.14. The van der Waals surface area contributed by atoms with E-state index in [1.54, 1.807) is 24.5 Å². The molecule has 1 aromatic carbocycles. The lowest BCUT2D eigenvalue weighted by atomic mass is 10.1. The Morgan fingerprint density at radius 1 is 1.27 bits per heavy atom. The first-order valence-electron chi connectivity index (χ1n) is 10.1. The zero-order valence-electron chi connectivity index (χ0n) is 17.3. The molecule has 1 amide bonds. The van der Waals surface area contributed by atoms with Crippen LogP contribution in [0.25, 0.3) is 0 Å². The number of ether oxygens (including phenoxy) is 1. The molecule has 3 rings (SSSR count). The maximum atomic E-state index is 12.2.